The zero-order chi connectivity index (χ0) is 12.8. The lowest BCUT2D eigenvalue weighted by Crippen LogP contribution is -2.24. The molecule has 2 amide bonds. The summed E-state index contributed by atoms with van der Waals surface area (Å²) < 4.78 is 9.50. The second-order valence-electron chi connectivity index (χ2n) is 3.68. The lowest BCUT2D eigenvalue weighted by atomic mass is 10.4. The van der Waals surface area contributed by atoms with Crippen LogP contribution in [0.5, 0.6) is 0 Å². The molecular formula is C12H12N2O4. The van der Waals surface area contributed by atoms with Crippen LogP contribution in [0.2, 0.25) is 0 Å². The van der Waals surface area contributed by atoms with Crippen molar-refractivity contribution in [3.63, 3.8) is 0 Å². The molecule has 0 aromatic heterocycles. The topological polar surface area (TPSA) is 59.1 Å². The van der Waals surface area contributed by atoms with Crippen molar-refractivity contribution in [1.29, 1.82) is 0 Å². The fraction of sp³-hybridized carbons (Fsp3) is 0.500. The van der Waals surface area contributed by atoms with Crippen molar-refractivity contribution in [2.24, 2.45) is 0 Å². The van der Waals surface area contributed by atoms with Crippen LogP contribution in [0.15, 0.2) is 0 Å². The van der Waals surface area contributed by atoms with E-state index in [0.717, 1.165) is 0 Å². The van der Waals surface area contributed by atoms with Crippen molar-refractivity contribution in [1.82, 2.24) is 9.80 Å². The molecule has 6 heteroatoms. The van der Waals surface area contributed by atoms with E-state index in [9.17, 15) is 9.59 Å². The number of carbonyl (C=O) groups excluding carboxylic acids is 2. The molecule has 2 rings (SSSR count). The smallest absolute Gasteiger partial charge is 0.410 e. The highest BCUT2D eigenvalue weighted by Crippen LogP contribution is 2.01. The third-order valence-electron chi connectivity index (χ3n) is 2.47. The van der Waals surface area contributed by atoms with Gasteiger partial charge in [0, 0.05) is 0 Å². The van der Waals surface area contributed by atoms with Gasteiger partial charge in [-0.2, -0.15) is 0 Å². The highest BCUT2D eigenvalue weighted by Gasteiger charge is 2.20. The standard InChI is InChI=1S/C12H12N2O4/c15-11-13(7-9-17-11)5-3-1-2-4-6-14-8-10-18-12(14)16/h5-10H2. The van der Waals surface area contributed by atoms with Gasteiger partial charge >= 0.3 is 12.2 Å². The molecule has 2 aliphatic rings. The maximum atomic E-state index is 11.0. The van der Waals surface area contributed by atoms with E-state index in [2.05, 4.69) is 23.7 Å². The number of ether oxygens (including phenoxy) is 2. The second kappa shape index (κ2) is 5.83. The second-order valence-corrected chi connectivity index (χ2v) is 3.68. The molecule has 0 N–H and O–H groups in total. The predicted octanol–water partition coefficient (Wildman–Crippen LogP) is -0.102. The van der Waals surface area contributed by atoms with E-state index in [-0.39, 0.29) is 12.2 Å². The Bertz CT molecular complexity index is 422. The number of rotatable bonds is 2. The van der Waals surface area contributed by atoms with Gasteiger partial charge in [0.25, 0.3) is 0 Å². The Kier molecular flexibility index (Phi) is 3.93. The maximum Gasteiger partial charge on any atom is 0.410 e. The maximum absolute atomic E-state index is 11.0. The van der Waals surface area contributed by atoms with Crippen molar-refractivity contribution >= 4 is 12.2 Å². The van der Waals surface area contributed by atoms with Crippen LogP contribution in [0.3, 0.4) is 0 Å². The van der Waals surface area contributed by atoms with Crippen LogP contribution in [0.1, 0.15) is 0 Å². The van der Waals surface area contributed by atoms with Crippen LogP contribution in [0.4, 0.5) is 9.59 Å². The minimum Gasteiger partial charge on any atom is -0.448 e. The fourth-order valence-corrected chi connectivity index (χ4v) is 1.50. The monoisotopic (exact) mass is 248 g/mol. The highest BCUT2D eigenvalue weighted by molar-refractivity contribution is 5.70. The predicted molar refractivity (Wildman–Crippen MR) is 61.4 cm³/mol. The van der Waals surface area contributed by atoms with Gasteiger partial charge in [-0.3, -0.25) is 9.80 Å². The summed E-state index contributed by atoms with van der Waals surface area (Å²) in [4.78, 5) is 25.1. The van der Waals surface area contributed by atoms with Gasteiger partial charge in [0.2, 0.25) is 0 Å². The van der Waals surface area contributed by atoms with Crippen molar-refractivity contribution in [3.05, 3.63) is 0 Å². The van der Waals surface area contributed by atoms with Gasteiger partial charge in [0.15, 0.2) is 0 Å². The molecule has 18 heavy (non-hydrogen) atoms. The van der Waals surface area contributed by atoms with E-state index in [4.69, 9.17) is 9.47 Å². The summed E-state index contributed by atoms with van der Waals surface area (Å²) >= 11 is 0. The van der Waals surface area contributed by atoms with Crippen LogP contribution in [-0.4, -0.2) is 61.4 Å². The van der Waals surface area contributed by atoms with Crippen LogP contribution in [-0.2, 0) is 9.47 Å². The first-order chi connectivity index (χ1) is 8.77. The molecule has 0 radical (unpaired) electrons. The molecule has 0 aromatic carbocycles. The zero-order valence-electron chi connectivity index (χ0n) is 9.77. The fourth-order valence-electron chi connectivity index (χ4n) is 1.50. The Labute approximate surface area is 105 Å². The quantitative estimate of drug-likeness (QED) is 0.640. The summed E-state index contributed by atoms with van der Waals surface area (Å²) in [6.07, 6.45) is -0.672. The number of hydrogen-bond acceptors (Lipinski definition) is 4. The molecule has 0 saturated carbocycles. The first kappa shape index (κ1) is 12.1. The van der Waals surface area contributed by atoms with E-state index in [1.54, 1.807) is 0 Å². The van der Waals surface area contributed by atoms with Gasteiger partial charge in [-0.15, -0.1) is 0 Å². The number of cyclic esters (lactones) is 2. The molecule has 2 fully saturated rings. The van der Waals surface area contributed by atoms with Gasteiger partial charge in [0.05, 0.1) is 26.2 Å². The Balaban J connectivity index is 1.71. The normalized spacial score (nSPS) is 17.6. The van der Waals surface area contributed by atoms with Crippen LogP contribution in [0.25, 0.3) is 0 Å². The van der Waals surface area contributed by atoms with E-state index >= 15 is 0 Å². The first-order valence-corrected chi connectivity index (χ1v) is 5.56. The number of carbonyl (C=O) groups is 2. The van der Waals surface area contributed by atoms with Gasteiger partial charge in [-0.05, 0) is 11.8 Å². The SMILES string of the molecule is O=C1OCCN1CC#CC#CCN1CCOC1=O. The summed E-state index contributed by atoms with van der Waals surface area (Å²) in [5.41, 5.74) is 0. The number of hydrogen-bond donors (Lipinski definition) is 0. The van der Waals surface area contributed by atoms with Gasteiger partial charge in [-0.25, -0.2) is 9.59 Å². The molecule has 2 heterocycles. The van der Waals surface area contributed by atoms with Crippen molar-refractivity contribution in [2.45, 2.75) is 0 Å². The summed E-state index contributed by atoms with van der Waals surface area (Å²) in [5.74, 6) is 10.8. The average Bonchev–Trinajstić information content (AvgIpc) is 2.94. The number of amides is 2. The minimum absolute atomic E-state index is 0.319. The zero-order valence-corrected chi connectivity index (χ0v) is 9.77. The van der Waals surface area contributed by atoms with Crippen LogP contribution >= 0.6 is 0 Å². The Morgan fingerprint density at radius 2 is 1.33 bits per heavy atom. The number of nitrogens with zero attached hydrogens (tertiary/aromatic N) is 2. The molecule has 2 aliphatic heterocycles. The molecule has 0 atom stereocenters. The van der Waals surface area contributed by atoms with Crippen molar-refractivity contribution in [3.8, 4) is 23.7 Å². The summed E-state index contributed by atoms with van der Waals surface area (Å²) in [5, 5.41) is 0. The highest BCUT2D eigenvalue weighted by atomic mass is 16.6. The Morgan fingerprint density at radius 1 is 0.889 bits per heavy atom. The molecular weight excluding hydrogens is 236 g/mol. The third kappa shape index (κ3) is 3.08. The van der Waals surface area contributed by atoms with Crippen LogP contribution < -0.4 is 0 Å². The van der Waals surface area contributed by atoms with E-state index in [0.29, 0.717) is 39.4 Å². The summed E-state index contributed by atoms with van der Waals surface area (Å²) in [7, 11) is 0. The molecule has 0 unspecified atom stereocenters. The molecule has 6 nitrogen and oxygen atoms in total. The molecule has 2 saturated heterocycles. The average molecular weight is 248 g/mol. The van der Waals surface area contributed by atoms with Crippen LogP contribution in [0, 0.1) is 23.7 Å². The van der Waals surface area contributed by atoms with E-state index in [1.165, 1.54) is 9.80 Å². The summed E-state index contributed by atoms with van der Waals surface area (Å²) in [6.45, 7) is 2.62. The lowest BCUT2D eigenvalue weighted by Gasteiger charge is -2.06. The minimum atomic E-state index is -0.336. The van der Waals surface area contributed by atoms with Crippen molar-refractivity contribution < 1.29 is 19.1 Å². The van der Waals surface area contributed by atoms with E-state index < -0.39 is 0 Å². The van der Waals surface area contributed by atoms with Gasteiger partial charge in [-0.1, -0.05) is 11.8 Å². The Hall–Kier alpha value is -2.34. The Morgan fingerprint density at radius 3 is 1.67 bits per heavy atom. The largest absolute Gasteiger partial charge is 0.448 e. The molecule has 0 aromatic rings. The molecule has 94 valence electrons. The van der Waals surface area contributed by atoms with Gasteiger partial charge < -0.3 is 9.47 Å². The van der Waals surface area contributed by atoms with Gasteiger partial charge in [0.1, 0.15) is 13.2 Å². The third-order valence-corrected chi connectivity index (χ3v) is 2.47. The molecule has 0 spiro atoms. The first-order valence-electron chi connectivity index (χ1n) is 5.56. The summed E-state index contributed by atoms with van der Waals surface area (Å²) in [6, 6.07) is 0. The van der Waals surface area contributed by atoms with E-state index in [1.807, 2.05) is 0 Å². The van der Waals surface area contributed by atoms with Crippen molar-refractivity contribution in [2.75, 3.05) is 39.4 Å². The lowest BCUT2D eigenvalue weighted by molar-refractivity contribution is 0.160. The molecule has 0 aliphatic carbocycles. The molecule has 0 bridgehead atoms.